The number of carboxylic acids is 1. The van der Waals surface area contributed by atoms with E-state index < -0.39 is 21.2 Å². The fourth-order valence-corrected chi connectivity index (χ4v) is 4.75. The van der Waals surface area contributed by atoms with Crippen LogP contribution in [0.5, 0.6) is 0 Å². The minimum atomic E-state index is -3.13. The Balaban J connectivity index is 1.73. The zero-order valence-corrected chi connectivity index (χ0v) is 15.9. The summed E-state index contributed by atoms with van der Waals surface area (Å²) in [4.78, 5) is 23.5. The molecule has 1 aliphatic rings. The Morgan fingerprint density at radius 2 is 2.04 bits per heavy atom. The number of amides is 1. The van der Waals surface area contributed by atoms with Gasteiger partial charge in [-0.3, -0.25) is 4.79 Å². The number of carbonyl (C=O) groups is 2. The van der Waals surface area contributed by atoms with Gasteiger partial charge in [0.05, 0.1) is 23.3 Å². The average molecular weight is 391 g/mol. The number of carbonyl (C=O) groups excluding carboxylic acids is 1. The first-order valence-corrected chi connectivity index (χ1v) is 10.5. The zero-order chi connectivity index (χ0) is 19.8. The number of aromatic carboxylic acids is 1. The minimum Gasteiger partial charge on any atom is -0.478 e. The second-order valence-electron chi connectivity index (χ2n) is 7.21. The number of benzene rings is 1. The molecule has 1 amide bonds. The summed E-state index contributed by atoms with van der Waals surface area (Å²) in [5, 5.41) is 16.0. The molecule has 1 aromatic heterocycles. The van der Waals surface area contributed by atoms with Crippen LogP contribution in [-0.2, 0) is 14.6 Å². The fourth-order valence-electron chi connectivity index (χ4n) is 3.25. The van der Waals surface area contributed by atoms with Crippen LogP contribution in [0.1, 0.15) is 35.3 Å². The van der Waals surface area contributed by atoms with Crippen molar-refractivity contribution < 1.29 is 23.1 Å². The monoisotopic (exact) mass is 391 g/mol. The van der Waals surface area contributed by atoms with E-state index >= 15 is 0 Å². The van der Waals surface area contributed by atoms with Crippen LogP contribution in [0, 0.1) is 12.3 Å². The van der Waals surface area contributed by atoms with Crippen LogP contribution >= 0.6 is 0 Å². The number of nitrogens with one attached hydrogen (secondary N) is 1. The van der Waals surface area contributed by atoms with Gasteiger partial charge in [0.2, 0.25) is 5.91 Å². The van der Waals surface area contributed by atoms with Gasteiger partial charge in [0.1, 0.15) is 15.4 Å². The molecule has 27 heavy (non-hydrogen) atoms. The molecule has 0 bridgehead atoms. The highest BCUT2D eigenvalue weighted by molar-refractivity contribution is 7.90. The molecule has 9 heteroatoms. The van der Waals surface area contributed by atoms with E-state index in [-0.39, 0.29) is 23.6 Å². The Kier molecular flexibility index (Phi) is 4.81. The smallest absolute Gasteiger partial charge is 0.339 e. The van der Waals surface area contributed by atoms with Crippen LogP contribution in [0.2, 0.25) is 0 Å². The van der Waals surface area contributed by atoms with Gasteiger partial charge < -0.3 is 10.4 Å². The molecule has 0 aliphatic heterocycles. The van der Waals surface area contributed by atoms with E-state index in [0.29, 0.717) is 17.1 Å². The molecule has 1 fully saturated rings. The summed E-state index contributed by atoms with van der Waals surface area (Å²) in [6.45, 7) is 1.66. The number of rotatable bonds is 7. The zero-order valence-electron chi connectivity index (χ0n) is 15.1. The van der Waals surface area contributed by atoms with Gasteiger partial charge in [-0.05, 0) is 43.4 Å². The Labute approximate surface area is 157 Å². The van der Waals surface area contributed by atoms with Gasteiger partial charge in [0.25, 0.3) is 0 Å². The molecule has 0 radical (unpaired) electrons. The highest BCUT2D eigenvalue weighted by Crippen LogP contribution is 2.49. The van der Waals surface area contributed by atoms with Gasteiger partial charge in [-0.1, -0.05) is 6.07 Å². The van der Waals surface area contributed by atoms with Crippen molar-refractivity contribution in [1.29, 1.82) is 0 Å². The molecular weight excluding hydrogens is 370 g/mol. The second-order valence-corrected chi connectivity index (χ2v) is 9.35. The summed E-state index contributed by atoms with van der Waals surface area (Å²) >= 11 is 0. The summed E-state index contributed by atoms with van der Waals surface area (Å²) in [7, 11) is -3.13. The van der Waals surface area contributed by atoms with Gasteiger partial charge in [0, 0.05) is 18.4 Å². The first kappa shape index (κ1) is 19.1. The van der Waals surface area contributed by atoms with E-state index in [1.807, 2.05) is 0 Å². The van der Waals surface area contributed by atoms with Gasteiger partial charge in [-0.25, -0.2) is 17.9 Å². The molecule has 3 rings (SSSR count). The number of sulfone groups is 1. The Bertz CT molecular complexity index is 1010. The van der Waals surface area contributed by atoms with Crippen LogP contribution in [0.15, 0.2) is 30.5 Å². The SMILES string of the molecule is Cc1c(C(=O)O)cnn1-c1cccc(NC(=O)CC2(CS(C)(=O)=O)CC2)c1. The maximum Gasteiger partial charge on any atom is 0.339 e. The van der Waals surface area contributed by atoms with Crippen LogP contribution < -0.4 is 5.32 Å². The maximum absolute atomic E-state index is 12.4. The lowest BCUT2D eigenvalue weighted by Gasteiger charge is -2.14. The van der Waals surface area contributed by atoms with E-state index in [4.69, 9.17) is 5.11 Å². The molecule has 2 aromatic rings. The first-order chi connectivity index (χ1) is 12.6. The molecular formula is C18H21N3O5S. The third-order valence-electron chi connectivity index (χ3n) is 4.68. The van der Waals surface area contributed by atoms with Crippen molar-refractivity contribution in [3.63, 3.8) is 0 Å². The molecule has 1 aliphatic carbocycles. The van der Waals surface area contributed by atoms with Gasteiger partial charge >= 0.3 is 5.97 Å². The molecule has 144 valence electrons. The highest BCUT2D eigenvalue weighted by atomic mass is 32.2. The molecule has 1 aromatic carbocycles. The number of carboxylic acid groups (broad SMARTS) is 1. The standard InChI is InChI=1S/C18H21N3O5S/c1-12-15(17(23)24)10-19-21(12)14-5-3-4-13(8-14)20-16(22)9-18(6-7-18)11-27(2,25)26/h3-5,8,10H,6-7,9,11H2,1-2H3,(H,20,22)(H,23,24). The molecule has 1 saturated carbocycles. The maximum atomic E-state index is 12.4. The van der Waals surface area contributed by atoms with Crippen molar-refractivity contribution in [1.82, 2.24) is 9.78 Å². The van der Waals surface area contributed by atoms with Gasteiger partial charge in [-0.2, -0.15) is 5.10 Å². The average Bonchev–Trinajstić information content (AvgIpc) is 3.14. The summed E-state index contributed by atoms with van der Waals surface area (Å²) in [6, 6.07) is 6.90. The van der Waals surface area contributed by atoms with Crippen molar-refractivity contribution in [2.24, 2.45) is 5.41 Å². The largest absolute Gasteiger partial charge is 0.478 e. The predicted octanol–water partition coefficient (Wildman–Crippen LogP) is 2.03. The van der Waals surface area contributed by atoms with Crippen LogP contribution in [-0.4, -0.2) is 47.2 Å². The van der Waals surface area contributed by atoms with E-state index in [0.717, 1.165) is 12.8 Å². The molecule has 0 saturated heterocycles. The number of hydrogen-bond donors (Lipinski definition) is 2. The first-order valence-electron chi connectivity index (χ1n) is 8.45. The topological polar surface area (TPSA) is 118 Å². The lowest BCUT2D eigenvalue weighted by atomic mass is 10.1. The minimum absolute atomic E-state index is 0.0257. The Morgan fingerprint density at radius 3 is 2.59 bits per heavy atom. The lowest BCUT2D eigenvalue weighted by molar-refractivity contribution is -0.117. The third-order valence-corrected chi connectivity index (χ3v) is 5.81. The van der Waals surface area contributed by atoms with Crippen molar-refractivity contribution in [2.75, 3.05) is 17.3 Å². The van der Waals surface area contributed by atoms with E-state index in [1.54, 1.807) is 31.2 Å². The second kappa shape index (κ2) is 6.80. The van der Waals surface area contributed by atoms with Gasteiger partial charge in [0.15, 0.2) is 0 Å². The van der Waals surface area contributed by atoms with E-state index in [9.17, 15) is 18.0 Å². The molecule has 0 unspecified atom stereocenters. The highest BCUT2D eigenvalue weighted by Gasteiger charge is 2.46. The van der Waals surface area contributed by atoms with E-state index in [2.05, 4.69) is 10.4 Å². The predicted molar refractivity (Wildman–Crippen MR) is 99.9 cm³/mol. The quantitative estimate of drug-likeness (QED) is 0.745. The van der Waals surface area contributed by atoms with Crippen molar-refractivity contribution >= 4 is 27.4 Å². The summed E-state index contributed by atoms with van der Waals surface area (Å²) in [5.74, 6) is -1.27. The molecule has 2 N–H and O–H groups in total. The number of hydrogen-bond acceptors (Lipinski definition) is 5. The third kappa shape index (κ3) is 4.54. The Hall–Kier alpha value is -2.68. The lowest BCUT2D eigenvalue weighted by Crippen LogP contribution is -2.23. The summed E-state index contributed by atoms with van der Waals surface area (Å²) < 4.78 is 24.5. The molecule has 0 atom stereocenters. The Morgan fingerprint density at radius 1 is 1.33 bits per heavy atom. The summed E-state index contributed by atoms with van der Waals surface area (Å²) in [6.07, 6.45) is 4.10. The van der Waals surface area contributed by atoms with Crippen LogP contribution in [0.4, 0.5) is 5.69 Å². The molecule has 8 nitrogen and oxygen atoms in total. The van der Waals surface area contributed by atoms with Crippen LogP contribution in [0.3, 0.4) is 0 Å². The number of anilines is 1. The van der Waals surface area contributed by atoms with Crippen molar-refractivity contribution in [3.05, 3.63) is 41.7 Å². The normalized spacial score (nSPS) is 15.3. The fraction of sp³-hybridized carbons (Fsp3) is 0.389. The summed E-state index contributed by atoms with van der Waals surface area (Å²) in [5.41, 5.74) is 1.32. The van der Waals surface area contributed by atoms with E-state index in [1.165, 1.54) is 17.1 Å². The van der Waals surface area contributed by atoms with Crippen LogP contribution in [0.25, 0.3) is 5.69 Å². The molecule has 0 spiro atoms. The van der Waals surface area contributed by atoms with Crippen molar-refractivity contribution in [2.45, 2.75) is 26.2 Å². The van der Waals surface area contributed by atoms with Crippen molar-refractivity contribution in [3.8, 4) is 5.69 Å². The number of nitrogens with zero attached hydrogens (tertiary/aromatic N) is 2. The molecule has 1 heterocycles. The number of aromatic nitrogens is 2. The van der Waals surface area contributed by atoms with Gasteiger partial charge in [-0.15, -0.1) is 0 Å².